The maximum Gasteiger partial charge on any atom is 0.135 e. The lowest BCUT2D eigenvalue weighted by Gasteiger charge is -2.28. The van der Waals surface area contributed by atoms with Crippen molar-refractivity contribution >= 4 is 26.8 Å². The highest BCUT2D eigenvalue weighted by atomic mass is 79.9. The van der Waals surface area contributed by atoms with Crippen LogP contribution >= 0.6 is 15.9 Å². The molecule has 2 aromatic rings. The summed E-state index contributed by atoms with van der Waals surface area (Å²) in [5.41, 5.74) is 2.19. The third kappa shape index (κ3) is 2.69. The van der Waals surface area contributed by atoms with Gasteiger partial charge in [-0.15, -0.1) is 0 Å². The summed E-state index contributed by atoms with van der Waals surface area (Å²) in [6.07, 6.45) is 4.37. The second-order valence-electron chi connectivity index (χ2n) is 5.89. The van der Waals surface area contributed by atoms with Gasteiger partial charge in [-0.25, -0.2) is 0 Å². The van der Waals surface area contributed by atoms with Crippen molar-refractivity contribution in [2.45, 2.75) is 38.6 Å². The first-order chi connectivity index (χ1) is 10.1. The van der Waals surface area contributed by atoms with Crippen molar-refractivity contribution in [2.24, 2.45) is 5.92 Å². The predicted octanol–water partition coefficient (Wildman–Crippen LogP) is 3.84. The molecule has 1 aliphatic rings. The van der Waals surface area contributed by atoms with Gasteiger partial charge in [0.2, 0.25) is 0 Å². The Morgan fingerprint density at radius 1 is 1.33 bits per heavy atom. The van der Waals surface area contributed by atoms with E-state index >= 15 is 0 Å². The number of aryl methyl sites for hydroxylation is 1. The number of fused-ring (bicyclic) bond motifs is 1. The molecule has 0 saturated heterocycles. The van der Waals surface area contributed by atoms with Crippen LogP contribution in [0.5, 0.6) is 5.75 Å². The van der Waals surface area contributed by atoms with Gasteiger partial charge in [-0.05, 0) is 60.5 Å². The Bertz CT molecular complexity index is 645. The van der Waals surface area contributed by atoms with Crippen molar-refractivity contribution < 1.29 is 9.84 Å². The first kappa shape index (κ1) is 14.9. The third-order valence-corrected chi connectivity index (χ3v) is 5.26. The average molecular weight is 353 g/mol. The van der Waals surface area contributed by atoms with Gasteiger partial charge in [0.25, 0.3) is 0 Å². The number of halogens is 1. The number of benzene rings is 1. The number of aliphatic hydroxyl groups excluding tert-OH is 1. The minimum absolute atomic E-state index is 0.316. The van der Waals surface area contributed by atoms with Crippen molar-refractivity contribution in [1.29, 1.82) is 0 Å². The summed E-state index contributed by atoms with van der Waals surface area (Å²) in [5, 5.41) is 15.2. The van der Waals surface area contributed by atoms with Gasteiger partial charge < -0.3 is 9.84 Å². The van der Waals surface area contributed by atoms with Crippen LogP contribution < -0.4 is 4.74 Å². The van der Waals surface area contributed by atoms with E-state index in [2.05, 4.69) is 33.6 Å². The van der Waals surface area contributed by atoms with E-state index in [1.54, 1.807) is 7.11 Å². The molecule has 4 nitrogen and oxygen atoms in total. The summed E-state index contributed by atoms with van der Waals surface area (Å²) in [7, 11) is 1.67. The number of ether oxygens (including phenoxy) is 1. The topological polar surface area (TPSA) is 47.3 Å². The summed E-state index contributed by atoms with van der Waals surface area (Å²) >= 11 is 3.54. The zero-order valence-corrected chi connectivity index (χ0v) is 14.1. The molecule has 5 heteroatoms. The molecule has 1 heterocycles. The van der Waals surface area contributed by atoms with E-state index in [0.717, 1.165) is 41.4 Å². The van der Waals surface area contributed by atoms with E-state index in [1.807, 2.05) is 6.07 Å². The fourth-order valence-corrected chi connectivity index (χ4v) is 3.82. The highest BCUT2D eigenvalue weighted by Gasteiger charge is 2.24. The molecule has 21 heavy (non-hydrogen) atoms. The van der Waals surface area contributed by atoms with Gasteiger partial charge in [0.1, 0.15) is 5.75 Å². The van der Waals surface area contributed by atoms with Crippen LogP contribution in [0.3, 0.4) is 0 Å². The highest BCUT2D eigenvalue weighted by Crippen LogP contribution is 2.36. The van der Waals surface area contributed by atoms with E-state index in [9.17, 15) is 5.11 Å². The zero-order valence-electron chi connectivity index (χ0n) is 12.5. The Balaban J connectivity index is 1.95. The molecule has 1 N–H and O–H groups in total. The summed E-state index contributed by atoms with van der Waals surface area (Å²) in [5.74, 6) is 1.29. The largest absolute Gasteiger partial charge is 0.495 e. The Hall–Kier alpha value is -1.07. The van der Waals surface area contributed by atoms with Gasteiger partial charge in [0, 0.05) is 23.8 Å². The van der Waals surface area contributed by atoms with E-state index in [4.69, 9.17) is 9.84 Å². The molecule has 0 unspecified atom stereocenters. The molecule has 0 aliphatic heterocycles. The number of aliphatic hydroxyl groups is 1. The molecule has 114 valence electrons. The smallest absolute Gasteiger partial charge is 0.135 e. The summed E-state index contributed by atoms with van der Waals surface area (Å²) < 4.78 is 8.49. The second-order valence-corrected chi connectivity index (χ2v) is 6.75. The SMILES string of the molecule is COc1cc2nn([C@H]3CC[C@H](CO)CC3)c(C)c2cc1Br. The van der Waals surface area contributed by atoms with Gasteiger partial charge in [-0.3, -0.25) is 4.68 Å². The van der Waals surface area contributed by atoms with Crippen LogP contribution in [0.25, 0.3) is 10.9 Å². The monoisotopic (exact) mass is 352 g/mol. The molecule has 1 fully saturated rings. The lowest BCUT2D eigenvalue weighted by atomic mass is 9.86. The minimum atomic E-state index is 0.316. The van der Waals surface area contributed by atoms with E-state index in [0.29, 0.717) is 18.6 Å². The van der Waals surface area contributed by atoms with E-state index in [1.165, 1.54) is 11.1 Å². The average Bonchev–Trinajstić information content (AvgIpc) is 2.83. The molecule has 1 aromatic heterocycles. The Morgan fingerprint density at radius 3 is 2.67 bits per heavy atom. The van der Waals surface area contributed by atoms with Gasteiger partial charge in [-0.1, -0.05) is 0 Å². The van der Waals surface area contributed by atoms with Gasteiger partial charge >= 0.3 is 0 Å². The number of rotatable bonds is 3. The molecule has 0 bridgehead atoms. The third-order valence-electron chi connectivity index (χ3n) is 4.64. The first-order valence-electron chi connectivity index (χ1n) is 7.47. The normalized spacial score (nSPS) is 22.7. The number of hydrogen-bond donors (Lipinski definition) is 1. The Labute approximate surface area is 133 Å². The highest BCUT2D eigenvalue weighted by molar-refractivity contribution is 9.10. The second kappa shape index (κ2) is 5.97. The molecule has 1 aliphatic carbocycles. The van der Waals surface area contributed by atoms with Gasteiger partial charge in [0.05, 0.1) is 23.1 Å². The van der Waals surface area contributed by atoms with Gasteiger partial charge in [0.15, 0.2) is 0 Å². The van der Waals surface area contributed by atoms with Crippen molar-refractivity contribution in [1.82, 2.24) is 9.78 Å². The Morgan fingerprint density at radius 2 is 2.05 bits per heavy atom. The standard InChI is InChI=1S/C16H21BrN2O2/c1-10-13-7-14(17)16(21-2)8-15(13)18-19(10)12-5-3-11(9-20)4-6-12/h7-8,11-12,20H,3-6,9H2,1-2H3/t11-,12-. The fourth-order valence-electron chi connectivity index (χ4n) is 3.31. The lowest BCUT2D eigenvalue weighted by molar-refractivity contribution is 0.164. The molecule has 0 atom stereocenters. The number of hydrogen-bond acceptors (Lipinski definition) is 3. The van der Waals surface area contributed by atoms with Crippen LogP contribution in [0, 0.1) is 12.8 Å². The van der Waals surface area contributed by atoms with Crippen LogP contribution in [0.2, 0.25) is 0 Å². The van der Waals surface area contributed by atoms with Crippen LogP contribution in [0.4, 0.5) is 0 Å². The molecule has 0 amide bonds. The van der Waals surface area contributed by atoms with Crippen LogP contribution in [-0.2, 0) is 0 Å². The van der Waals surface area contributed by atoms with Crippen LogP contribution in [-0.4, -0.2) is 28.6 Å². The lowest BCUT2D eigenvalue weighted by Crippen LogP contribution is -2.21. The van der Waals surface area contributed by atoms with Crippen molar-refractivity contribution in [3.63, 3.8) is 0 Å². The summed E-state index contributed by atoms with van der Waals surface area (Å²) in [6, 6.07) is 4.53. The molecular formula is C16H21BrN2O2. The van der Waals surface area contributed by atoms with Crippen molar-refractivity contribution in [3.05, 3.63) is 22.3 Å². The maximum absolute atomic E-state index is 9.26. The van der Waals surface area contributed by atoms with E-state index < -0.39 is 0 Å². The molecule has 0 radical (unpaired) electrons. The fraction of sp³-hybridized carbons (Fsp3) is 0.562. The molecule has 0 spiro atoms. The molecule has 1 saturated carbocycles. The molecular weight excluding hydrogens is 332 g/mol. The van der Waals surface area contributed by atoms with Crippen LogP contribution in [0.15, 0.2) is 16.6 Å². The summed E-state index contributed by atoms with van der Waals surface area (Å²) in [6.45, 7) is 2.45. The predicted molar refractivity (Wildman–Crippen MR) is 86.8 cm³/mol. The summed E-state index contributed by atoms with van der Waals surface area (Å²) in [4.78, 5) is 0. The van der Waals surface area contributed by atoms with Crippen molar-refractivity contribution in [3.8, 4) is 5.75 Å². The van der Waals surface area contributed by atoms with Crippen LogP contribution in [0.1, 0.15) is 37.4 Å². The van der Waals surface area contributed by atoms with Crippen molar-refractivity contribution in [2.75, 3.05) is 13.7 Å². The number of nitrogens with zero attached hydrogens (tertiary/aromatic N) is 2. The Kier molecular flexibility index (Phi) is 4.22. The molecule has 1 aromatic carbocycles. The number of aromatic nitrogens is 2. The maximum atomic E-state index is 9.26. The van der Waals surface area contributed by atoms with Gasteiger partial charge in [-0.2, -0.15) is 5.10 Å². The molecule has 3 rings (SSSR count). The minimum Gasteiger partial charge on any atom is -0.495 e. The first-order valence-corrected chi connectivity index (χ1v) is 8.26. The zero-order chi connectivity index (χ0) is 15.0. The quantitative estimate of drug-likeness (QED) is 0.912. The number of methoxy groups -OCH3 is 1. The van der Waals surface area contributed by atoms with E-state index in [-0.39, 0.29) is 0 Å².